The summed E-state index contributed by atoms with van der Waals surface area (Å²) < 4.78 is 18.5. The predicted molar refractivity (Wildman–Crippen MR) is 90.1 cm³/mol. The van der Waals surface area contributed by atoms with Crippen LogP contribution in [0.2, 0.25) is 10.0 Å². The quantitative estimate of drug-likeness (QED) is 0.842. The number of nitrogens with two attached hydrogens (primary N) is 1. The van der Waals surface area contributed by atoms with Gasteiger partial charge in [0.1, 0.15) is 11.6 Å². The molecule has 0 fully saturated rings. The Kier molecular flexibility index (Phi) is 5.64. The van der Waals surface area contributed by atoms with Crippen molar-refractivity contribution >= 4 is 40.7 Å². The van der Waals surface area contributed by atoms with E-state index in [1.165, 1.54) is 31.2 Å². The lowest BCUT2D eigenvalue weighted by molar-refractivity contribution is -0.122. The van der Waals surface area contributed by atoms with Crippen molar-refractivity contribution in [1.82, 2.24) is 0 Å². The van der Waals surface area contributed by atoms with Crippen LogP contribution in [0.25, 0.3) is 0 Å². The van der Waals surface area contributed by atoms with Gasteiger partial charge in [-0.15, -0.1) is 0 Å². The number of halogens is 3. The third-order valence-electron chi connectivity index (χ3n) is 3.07. The summed E-state index contributed by atoms with van der Waals surface area (Å²) in [5.74, 6) is -1.66. The fourth-order valence-corrected chi connectivity index (χ4v) is 2.25. The molecule has 0 aromatic heterocycles. The normalized spacial score (nSPS) is 11.7. The van der Waals surface area contributed by atoms with Crippen LogP contribution < -0.4 is 15.8 Å². The van der Waals surface area contributed by atoms with E-state index in [-0.39, 0.29) is 22.0 Å². The SMILES string of the molecule is C[C@H](Oc1ccc(Cl)cc1C(N)=O)C(=O)Nc1ccc(F)cc1Cl. The molecule has 2 aromatic rings. The van der Waals surface area contributed by atoms with Gasteiger partial charge in [0.2, 0.25) is 0 Å². The second-order valence-electron chi connectivity index (χ2n) is 4.88. The van der Waals surface area contributed by atoms with Gasteiger partial charge in [-0.2, -0.15) is 0 Å². The Balaban J connectivity index is 2.13. The van der Waals surface area contributed by atoms with E-state index in [4.69, 9.17) is 33.7 Å². The molecule has 5 nitrogen and oxygen atoms in total. The highest BCUT2D eigenvalue weighted by Crippen LogP contribution is 2.25. The highest BCUT2D eigenvalue weighted by molar-refractivity contribution is 6.33. The molecule has 24 heavy (non-hydrogen) atoms. The van der Waals surface area contributed by atoms with Crippen molar-refractivity contribution in [2.24, 2.45) is 5.73 Å². The minimum Gasteiger partial charge on any atom is -0.480 e. The van der Waals surface area contributed by atoms with Gasteiger partial charge in [0.05, 0.1) is 16.3 Å². The first-order valence-corrected chi connectivity index (χ1v) is 7.55. The van der Waals surface area contributed by atoms with Crippen molar-refractivity contribution in [2.75, 3.05) is 5.32 Å². The molecule has 0 saturated heterocycles. The highest BCUT2D eigenvalue weighted by atomic mass is 35.5. The topological polar surface area (TPSA) is 81.4 Å². The number of ether oxygens (including phenoxy) is 1. The first kappa shape index (κ1) is 18.0. The van der Waals surface area contributed by atoms with E-state index < -0.39 is 23.7 Å². The van der Waals surface area contributed by atoms with Crippen LogP contribution in [0.4, 0.5) is 10.1 Å². The average Bonchev–Trinajstić information content (AvgIpc) is 2.51. The van der Waals surface area contributed by atoms with Crippen LogP contribution in [-0.2, 0) is 4.79 Å². The smallest absolute Gasteiger partial charge is 0.265 e. The van der Waals surface area contributed by atoms with E-state index in [1.54, 1.807) is 0 Å². The van der Waals surface area contributed by atoms with E-state index in [9.17, 15) is 14.0 Å². The van der Waals surface area contributed by atoms with Gasteiger partial charge in [-0.3, -0.25) is 9.59 Å². The molecule has 0 heterocycles. The monoisotopic (exact) mass is 370 g/mol. The van der Waals surface area contributed by atoms with Gasteiger partial charge in [0, 0.05) is 5.02 Å². The van der Waals surface area contributed by atoms with Crippen LogP contribution in [0.1, 0.15) is 17.3 Å². The van der Waals surface area contributed by atoms with E-state index in [0.717, 1.165) is 12.1 Å². The molecule has 1 atom stereocenters. The highest BCUT2D eigenvalue weighted by Gasteiger charge is 2.19. The van der Waals surface area contributed by atoms with E-state index >= 15 is 0 Å². The predicted octanol–water partition coefficient (Wildman–Crippen LogP) is 3.64. The van der Waals surface area contributed by atoms with Gasteiger partial charge in [0.25, 0.3) is 11.8 Å². The number of carbonyl (C=O) groups is 2. The van der Waals surface area contributed by atoms with Crippen LogP contribution >= 0.6 is 23.2 Å². The van der Waals surface area contributed by atoms with Crippen molar-refractivity contribution in [3.63, 3.8) is 0 Å². The van der Waals surface area contributed by atoms with Gasteiger partial charge >= 0.3 is 0 Å². The maximum Gasteiger partial charge on any atom is 0.265 e. The molecule has 0 saturated carbocycles. The Morgan fingerprint density at radius 3 is 2.54 bits per heavy atom. The summed E-state index contributed by atoms with van der Waals surface area (Å²) in [4.78, 5) is 23.6. The number of amides is 2. The summed E-state index contributed by atoms with van der Waals surface area (Å²) in [6, 6.07) is 7.87. The molecule has 0 unspecified atom stereocenters. The largest absolute Gasteiger partial charge is 0.480 e. The fraction of sp³-hybridized carbons (Fsp3) is 0.125. The second-order valence-corrected chi connectivity index (χ2v) is 5.72. The lowest BCUT2D eigenvalue weighted by Gasteiger charge is -2.17. The fourth-order valence-electron chi connectivity index (χ4n) is 1.87. The van der Waals surface area contributed by atoms with Gasteiger partial charge in [-0.1, -0.05) is 23.2 Å². The van der Waals surface area contributed by atoms with Crippen LogP contribution in [0.3, 0.4) is 0 Å². The number of nitrogens with one attached hydrogen (secondary N) is 1. The molecule has 0 radical (unpaired) electrons. The minimum absolute atomic E-state index is 0.0554. The van der Waals surface area contributed by atoms with Crippen LogP contribution in [0, 0.1) is 5.82 Å². The van der Waals surface area contributed by atoms with Crippen LogP contribution in [0.15, 0.2) is 36.4 Å². The number of benzene rings is 2. The van der Waals surface area contributed by atoms with Gasteiger partial charge in [-0.05, 0) is 43.3 Å². The van der Waals surface area contributed by atoms with Gasteiger partial charge < -0.3 is 15.8 Å². The van der Waals surface area contributed by atoms with E-state index in [0.29, 0.717) is 5.02 Å². The number of hydrogen-bond donors (Lipinski definition) is 2. The molecule has 0 aliphatic heterocycles. The zero-order valence-corrected chi connectivity index (χ0v) is 14.0. The first-order chi connectivity index (χ1) is 11.3. The molecule has 2 aromatic carbocycles. The first-order valence-electron chi connectivity index (χ1n) is 6.80. The molecule has 0 aliphatic carbocycles. The van der Waals surface area contributed by atoms with Gasteiger partial charge in [0.15, 0.2) is 6.10 Å². The third kappa shape index (κ3) is 4.37. The molecule has 0 aliphatic rings. The summed E-state index contributed by atoms with van der Waals surface area (Å²) in [5, 5.41) is 2.88. The van der Waals surface area contributed by atoms with E-state index in [1.807, 2.05) is 0 Å². The molecule has 2 amide bonds. The number of primary amides is 1. The number of hydrogen-bond acceptors (Lipinski definition) is 3. The van der Waals surface area contributed by atoms with Crippen molar-refractivity contribution in [1.29, 1.82) is 0 Å². The molecule has 3 N–H and O–H groups in total. The molecular formula is C16H13Cl2FN2O3. The minimum atomic E-state index is -0.967. The Morgan fingerprint density at radius 2 is 1.92 bits per heavy atom. The zero-order valence-electron chi connectivity index (χ0n) is 12.5. The molecule has 8 heteroatoms. The number of carbonyl (C=O) groups excluding carboxylic acids is 2. The van der Waals surface area contributed by atoms with E-state index in [2.05, 4.69) is 5.32 Å². The number of anilines is 1. The summed E-state index contributed by atoms with van der Waals surface area (Å²) in [6.07, 6.45) is -0.967. The molecular weight excluding hydrogens is 358 g/mol. The van der Waals surface area contributed by atoms with Crippen molar-refractivity contribution < 1.29 is 18.7 Å². The Morgan fingerprint density at radius 1 is 1.21 bits per heavy atom. The maximum absolute atomic E-state index is 13.0. The molecule has 0 bridgehead atoms. The van der Waals surface area contributed by atoms with Crippen molar-refractivity contribution in [3.05, 3.63) is 57.8 Å². The second kappa shape index (κ2) is 7.51. The third-order valence-corrected chi connectivity index (χ3v) is 3.62. The van der Waals surface area contributed by atoms with Crippen molar-refractivity contribution in [2.45, 2.75) is 13.0 Å². The molecule has 0 spiro atoms. The van der Waals surface area contributed by atoms with Crippen molar-refractivity contribution in [3.8, 4) is 5.75 Å². The summed E-state index contributed by atoms with van der Waals surface area (Å²) in [7, 11) is 0. The van der Waals surface area contributed by atoms with Crippen LogP contribution in [-0.4, -0.2) is 17.9 Å². The van der Waals surface area contributed by atoms with Gasteiger partial charge in [-0.25, -0.2) is 4.39 Å². The molecule has 126 valence electrons. The molecule has 2 rings (SSSR count). The lowest BCUT2D eigenvalue weighted by Crippen LogP contribution is -2.31. The lowest BCUT2D eigenvalue weighted by atomic mass is 10.2. The summed E-state index contributed by atoms with van der Waals surface area (Å²) in [5.41, 5.74) is 5.56. The Bertz CT molecular complexity index is 799. The summed E-state index contributed by atoms with van der Waals surface area (Å²) in [6.45, 7) is 1.48. The average molecular weight is 371 g/mol. The number of rotatable bonds is 5. The zero-order chi connectivity index (χ0) is 17.9. The Hall–Kier alpha value is -2.31. The maximum atomic E-state index is 13.0. The van der Waals surface area contributed by atoms with Crippen LogP contribution in [0.5, 0.6) is 5.75 Å². The standard InChI is InChI=1S/C16H13Cl2FN2O3/c1-8(16(23)21-13-4-3-10(19)7-12(13)18)24-14-5-2-9(17)6-11(14)15(20)22/h2-8H,1H3,(H2,20,22)(H,21,23)/t8-/m0/s1. The Labute approximate surface area is 147 Å². The summed E-state index contributed by atoms with van der Waals surface area (Å²) >= 11 is 11.7.